The number of benzene rings is 2. The van der Waals surface area contributed by atoms with Gasteiger partial charge in [0.1, 0.15) is 5.75 Å². The molecular weight excluding hydrogens is 342 g/mol. The molecule has 0 spiro atoms. The summed E-state index contributed by atoms with van der Waals surface area (Å²) < 4.78 is 10.4. The van der Waals surface area contributed by atoms with Crippen LogP contribution in [0.15, 0.2) is 48.5 Å². The first kappa shape index (κ1) is 20.5. The lowest BCUT2D eigenvalue weighted by Gasteiger charge is -2.19. The van der Waals surface area contributed by atoms with Crippen LogP contribution < -0.4 is 10.1 Å². The zero-order valence-corrected chi connectivity index (χ0v) is 16.5. The van der Waals surface area contributed by atoms with Crippen molar-refractivity contribution in [2.75, 3.05) is 7.11 Å². The Balaban J connectivity index is 1.88. The van der Waals surface area contributed by atoms with Crippen molar-refractivity contribution in [2.45, 2.75) is 45.8 Å². The maximum absolute atomic E-state index is 12.2. The van der Waals surface area contributed by atoms with Gasteiger partial charge in [-0.2, -0.15) is 0 Å². The number of rotatable bonds is 6. The molecule has 0 unspecified atom stereocenters. The molecule has 1 N–H and O–H groups in total. The van der Waals surface area contributed by atoms with Crippen LogP contribution in [0.3, 0.4) is 0 Å². The summed E-state index contributed by atoms with van der Waals surface area (Å²) in [6.45, 7) is 8.23. The third-order valence-corrected chi connectivity index (χ3v) is 4.27. The Hall–Kier alpha value is -2.82. The standard InChI is InChI=1S/C22H27NO4/c1-15(20(24)23-14-16-6-12-19(26-5)13-7-16)27-21(25)17-8-10-18(11-9-17)22(2,3)4/h6-13,15H,14H2,1-5H3,(H,23,24)/t15-/m1/s1. The number of nitrogens with one attached hydrogen (secondary N) is 1. The normalized spacial score (nSPS) is 12.2. The van der Waals surface area contributed by atoms with Gasteiger partial charge in [-0.05, 0) is 47.7 Å². The van der Waals surface area contributed by atoms with E-state index in [9.17, 15) is 9.59 Å². The van der Waals surface area contributed by atoms with Gasteiger partial charge in [0.15, 0.2) is 6.10 Å². The molecule has 0 fully saturated rings. The maximum Gasteiger partial charge on any atom is 0.338 e. The second kappa shape index (κ2) is 8.71. The summed E-state index contributed by atoms with van der Waals surface area (Å²) in [7, 11) is 1.60. The van der Waals surface area contributed by atoms with Gasteiger partial charge in [0.05, 0.1) is 12.7 Å². The van der Waals surface area contributed by atoms with Crippen LogP contribution in [0.5, 0.6) is 5.75 Å². The fourth-order valence-corrected chi connectivity index (χ4v) is 2.46. The van der Waals surface area contributed by atoms with E-state index in [1.165, 1.54) is 0 Å². The Morgan fingerprint density at radius 3 is 2.11 bits per heavy atom. The molecule has 5 nitrogen and oxygen atoms in total. The lowest BCUT2D eigenvalue weighted by Crippen LogP contribution is -2.35. The lowest BCUT2D eigenvalue weighted by molar-refractivity contribution is -0.129. The highest BCUT2D eigenvalue weighted by atomic mass is 16.5. The van der Waals surface area contributed by atoms with E-state index >= 15 is 0 Å². The Morgan fingerprint density at radius 1 is 1.00 bits per heavy atom. The number of esters is 1. The van der Waals surface area contributed by atoms with Crippen molar-refractivity contribution in [1.82, 2.24) is 5.32 Å². The Kier molecular flexibility index (Phi) is 6.61. The molecule has 0 aliphatic rings. The number of ether oxygens (including phenoxy) is 2. The lowest BCUT2D eigenvalue weighted by atomic mass is 9.87. The van der Waals surface area contributed by atoms with Crippen LogP contribution in [-0.2, 0) is 21.5 Å². The van der Waals surface area contributed by atoms with Crippen LogP contribution in [-0.4, -0.2) is 25.1 Å². The number of carbonyl (C=O) groups excluding carboxylic acids is 2. The molecule has 0 aromatic heterocycles. The molecule has 27 heavy (non-hydrogen) atoms. The van der Waals surface area contributed by atoms with Crippen LogP contribution >= 0.6 is 0 Å². The molecular formula is C22H27NO4. The minimum Gasteiger partial charge on any atom is -0.497 e. The van der Waals surface area contributed by atoms with Crippen molar-refractivity contribution >= 4 is 11.9 Å². The van der Waals surface area contributed by atoms with Gasteiger partial charge in [-0.3, -0.25) is 4.79 Å². The van der Waals surface area contributed by atoms with Gasteiger partial charge in [-0.1, -0.05) is 45.0 Å². The molecule has 1 atom stereocenters. The Bertz CT molecular complexity index is 773. The first-order valence-corrected chi connectivity index (χ1v) is 8.93. The molecule has 1 amide bonds. The molecule has 144 valence electrons. The summed E-state index contributed by atoms with van der Waals surface area (Å²) in [6, 6.07) is 14.7. The zero-order valence-electron chi connectivity index (χ0n) is 16.5. The quantitative estimate of drug-likeness (QED) is 0.786. The fourth-order valence-electron chi connectivity index (χ4n) is 2.46. The maximum atomic E-state index is 12.2. The summed E-state index contributed by atoms with van der Waals surface area (Å²) in [6.07, 6.45) is -0.877. The molecule has 0 bridgehead atoms. The molecule has 2 aromatic rings. The number of methoxy groups -OCH3 is 1. The Morgan fingerprint density at radius 2 is 1.59 bits per heavy atom. The van der Waals surface area contributed by atoms with E-state index in [2.05, 4.69) is 26.1 Å². The summed E-state index contributed by atoms with van der Waals surface area (Å²) in [4.78, 5) is 24.4. The van der Waals surface area contributed by atoms with Gasteiger partial charge in [0.2, 0.25) is 0 Å². The largest absolute Gasteiger partial charge is 0.497 e. The molecule has 0 aliphatic carbocycles. The summed E-state index contributed by atoms with van der Waals surface area (Å²) in [5.41, 5.74) is 2.50. The highest BCUT2D eigenvalue weighted by Gasteiger charge is 2.20. The monoisotopic (exact) mass is 369 g/mol. The predicted octanol–water partition coefficient (Wildman–Crippen LogP) is 3.85. The van der Waals surface area contributed by atoms with Crippen LogP contribution in [0.25, 0.3) is 0 Å². The number of hydrogen-bond acceptors (Lipinski definition) is 4. The van der Waals surface area contributed by atoms with Gasteiger partial charge < -0.3 is 14.8 Å². The molecule has 0 radical (unpaired) electrons. The minimum absolute atomic E-state index is 0.0110. The van der Waals surface area contributed by atoms with E-state index in [0.29, 0.717) is 12.1 Å². The summed E-state index contributed by atoms with van der Waals surface area (Å²) in [5, 5.41) is 2.77. The van der Waals surface area contributed by atoms with Crippen LogP contribution in [0.2, 0.25) is 0 Å². The third-order valence-electron chi connectivity index (χ3n) is 4.27. The highest BCUT2D eigenvalue weighted by Crippen LogP contribution is 2.22. The molecule has 0 aliphatic heterocycles. The molecule has 2 rings (SSSR count). The van der Waals surface area contributed by atoms with Gasteiger partial charge in [0, 0.05) is 6.54 Å². The third kappa shape index (κ3) is 5.84. The molecule has 2 aromatic carbocycles. The molecule has 5 heteroatoms. The van der Waals surface area contributed by atoms with E-state index in [1.54, 1.807) is 26.2 Å². The van der Waals surface area contributed by atoms with Crippen LogP contribution in [0, 0.1) is 0 Å². The van der Waals surface area contributed by atoms with E-state index in [4.69, 9.17) is 9.47 Å². The summed E-state index contributed by atoms with van der Waals surface area (Å²) >= 11 is 0. The first-order chi connectivity index (χ1) is 12.7. The van der Waals surface area contributed by atoms with Crippen LogP contribution in [0.1, 0.15) is 49.2 Å². The average molecular weight is 369 g/mol. The van der Waals surface area contributed by atoms with Crippen molar-refractivity contribution in [1.29, 1.82) is 0 Å². The fraction of sp³-hybridized carbons (Fsp3) is 0.364. The topological polar surface area (TPSA) is 64.6 Å². The van der Waals surface area contributed by atoms with Crippen LogP contribution in [0.4, 0.5) is 0 Å². The van der Waals surface area contributed by atoms with Gasteiger partial charge in [0.25, 0.3) is 5.91 Å². The van der Waals surface area contributed by atoms with Crippen molar-refractivity contribution in [3.63, 3.8) is 0 Å². The molecule has 0 heterocycles. The van der Waals surface area contributed by atoms with Gasteiger partial charge >= 0.3 is 5.97 Å². The Labute approximate surface area is 160 Å². The number of hydrogen-bond donors (Lipinski definition) is 1. The molecule has 0 saturated heterocycles. The minimum atomic E-state index is -0.877. The smallest absolute Gasteiger partial charge is 0.338 e. The second-order valence-electron chi connectivity index (χ2n) is 7.44. The van der Waals surface area contributed by atoms with Gasteiger partial charge in [-0.15, -0.1) is 0 Å². The predicted molar refractivity (Wildman–Crippen MR) is 105 cm³/mol. The van der Waals surface area contributed by atoms with E-state index in [0.717, 1.165) is 16.9 Å². The summed E-state index contributed by atoms with van der Waals surface area (Å²) in [5.74, 6) is -0.0992. The SMILES string of the molecule is COc1ccc(CNC(=O)[C@@H](C)OC(=O)c2ccc(C(C)(C)C)cc2)cc1. The number of amides is 1. The van der Waals surface area contributed by atoms with Crippen molar-refractivity contribution in [2.24, 2.45) is 0 Å². The second-order valence-corrected chi connectivity index (χ2v) is 7.44. The van der Waals surface area contributed by atoms with Crippen molar-refractivity contribution in [3.8, 4) is 5.75 Å². The average Bonchev–Trinajstić information content (AvgIpc) is 2.65. The zero-order chi connectivity index (χ0) is 20.0. The number of carbonyl (C=O) groups is 2. The van der Waals surface area contributed by atoms with Crippen molar-refractivity contribution < 1.29 is 19.1 Å². The highest BCUT2D eigenvalue weighted by molar-refractivity contribution is 5.92. The first-order valence-electron chi connectivity index (χ1n) is 8.93. The van der Waals surface area contributed by atoms with Crippen molar-refractivity contribution in [3.05, 3.63) is 65.2 Å². The van der Waals surface area contributed by atoms with E-state index < -0.39 is 12.1 Å². The van der Waals surface area contributed by atoms with Gasteiger partial charge in [-0.25, -0.2) is 4.79 Å². The van der Waals surface area contributed by atoms with E-state index in [-0.39, 0.29) is 11.3 Å². The van der Waals surface area contributed by atoms with E-state index in [1.807, 2.05) is 36.4 Å². The molecule has 0 saturated carbocycles.